The van der Waals surface area contributed by atoms with Gasteiger partial charge >= 0.3 is 0 Å². The van der Waals surface area contributed by atoms with E-state index in [-0.39, 0.29) is 23.9 Å². The van der Waals surface area contributed by atoms with Crippen molar-refractivity contribution in [3.63, 3.8) is 0 Å². The summed E-state index contributed by atoms with van der Waals surface area (Å²) < 4.78 is 19.5. The lowest BCUT2D eigenvalue weighted by molar-refractivity contribution is -0.131. The highest BCUT2D eigenvalue weighted by atomic mass is 19.1. The molecule has 2 heterocycles. The van der Waals surface area contributed by atoms with Crippen molar-refractivity contribution in [1.29, 1.82) is 0 Å². The van der Waals surface area contributed by atoms with E-state index in [4.69, 9.17) is 4.42 Å². The fourth-order valence-electron chi connectivity index (χ4n) is 3.45. The van der Waals surface area contributed by atoms with E-state index >= 15 is 0 Å². The first-order valence-electron chi connectivity index (χ1n) is 9.28. The standard InChI is InChI=1S/C21H20FN3O3/c22-16-6-2-1-5-15(16)20(27)23-13-19(26)25-11-9-14(10-12-25)21-24-17-7-3-4-8-18(17)28-21/h1-8,14H,9-13H2,(H,23,27). The minimum absolute atomic E-state index is 0.0648. The number of hydrogen-bond acceptors (Lipinski definition) is 4. The Morgan fingerprint density at radius 3 is 2.57 bits per heavy atom. The van der Waals surface area contributed by atoms with Crippen molar-refractivity contribution in [2.24, 2.45) is 0 Å². The molecular weight excluding hydrogens is 361 g/mol. The monoisotopic (exact) mass is 381 g/mol. The predicted octanol–water partition coefficient (Wildman–Crippen LogP) is 3.10. The number of rotatable bonds is 4. The lowest BCUT2D eigenvalue weighted by Crippen LogP contribution is -2.43. The second-order valence-corrected chi connectivity index (χ2v) is 6.84. The number of fused-ring (bicyclic) bond motifs is 1. The molecule has 3 aromatic rings. The predicted molar refractivity (Wildman–Crippen MR) is 101 cm³/mol. The highest BCUT2D eigenvalue weighted by Crippen LogP contribution is 2.29. The van der Waals surface area contributed by atoms with Crippen molar-refractivity contribution in [3.05, 3.63) is 65.8 Å². The van der Waals surface area contributed by atoms with Crippen LogP contribution >= 0.6 is 0 Å². The van der Waals surface area contributed by atoms with Gasteiger partial charge in [-0.2, -0.15) is 0 Å². The molecule has 0 spiro atoms. The summed E-state index contributed by atoms with van der Waals surface area (Å²) in [5.74, 6) is -0.495. The smallest absolute Gasteiger partial charge is 0.254 e. The average Bonchev–Trinajstić information content (AvgIpc) is 3.16. The molecule has 2 amide bonds. The third kappa shape index (κ3) is 3.74. The van der Waals surface area contributed by atoms with Crippen LogP contribution in [0, 0.1) is 5.82 Å². The van der Waals surface area contributed by atoms with Crippen molar-refractivity contribution in [2.45, 2.75) is 18.8 Å². The topological polar surface area (TPSA) is 75.4 Å². The molecule has 2 aromatic carbocycles. The van der Waals surface area contributed by atoms with Crippen molar-refractivity contribution in [2.75, 3.05) is 19.6 Å². The number of aromatic nitrogens is 1. The minimum atomic E-state index is -0.605. The third-order valence-electron chi connectivity index (χ3n) is 5.03. The van der Waals surface area contributed by atoms with Crippen LogP contribution in [-0.4, -0.2) is 41.3 Å². The van der Waals surface area contributed by atoms with Gasteiger partial charge in [0.2, 0.25) is 5.91 Å². The minimum Gasteiger partial charge on any atom is -0.440 e. The number of para-hydroxylation sites is 2. The zero-order valence-corrected chi connectivity index (χ0v) is 15.2. The average molecular weight is 381 g/mol. The molecule has 1 aromatic heterocycles. The molecule has 1 saturated heterocycles. The van der Waals surface area contributed by atoms with Crippen LogP contribution in [0.15, 0.2) is 52.9 Å². The van der Waals surface area contributed by atoms with E-state index in [0.29, 0.717) is 19.0 Å². The number of carbonyl (C=O) groups excluding carboxylic acids is 2. The number of nitrogens with zero attached hydrogens (tertiary/aromatic N) is 2. The van der Waals surface area contributed by atoms with E-state index in [0.717, 1.165) is 23.9 Å². The quantitative estimate of drug-likeness (QED) is 0.754. The molecular formula is C21H20FN3O3. The molecule has 6 nitrogen and oxygen atoms in total. The molecule has 0 aliphatic carbocycles. The Balaban J connectivity index is 1.30. The Labute approximate surface area is 161 Å². The number of oxazole rings is 1. The number of piperidine rings is 1. The Morgan fingerprint density at radius 1 is 1.11 bits per heavy atom. The van der Waals surface area contributed by atoms with Gasteiger partial charge in [-0.3, -0.25) is 9.59 Å². The van der Waals surface area contributed by atoms with Crippen LogP contribution in [0.5, 0.6) is 0 Å². The van der Waals surface area contributed by atoms with Crippen LogP contribution in [0.4, 0.5) is 4.39 Å². The van der Waals surface area contributed by atoms with E-state index in [2.05, 4.69) is 10.3 Å². The fourth-order valence-corrected chi connectivity index (χ4v) is 3.45. The van der Waals surface area contributed by atoms with Crippen LogP contribution in [0.2, 0.25) is 0 Å². The van der Waals surface area contributed by atoms with E-state index in [9.17, 15) is 14.0 Å². The Morgan fingerprint density at radius 2 is 1.82 bits per heavy atom. The molecule has 28 heavy (non-hydrogen) atoms. The van der Waals surface area contributed by atoms with E-state index in [1.54, 1.807) is 11.0 Å². The molecule has 144 valence electrons. The maximum Gasteiger partial charge on any atom is 0.254 e. The van der Waals surface area contributed by atoms with Crippen LogP contribution in [0.1, 0.15) is 35.0 Å². The zero-order chi connectivity index (χ0) is 19.5. The van der Waals surface area contributed by atoms with Gasteiger partial charge in [0.15, 0.2) is 11.5 Å². The number of carbonyl (C=O) groups is 2. The molecule has 1 aliphatic rings. The fraction of sp³-hybridized carbons (Fsp3) is 0.286. The number of nitrogens with one attached hydrogen (secondary N) is 1. The number of benzene rings is 2. The summed E-state index contributed by atoms with van der Waals surface area (Å²) in [6, 6.07) is 13.3. The van der Waals surface area contributed by atoms with Crippen LogP contribution < -0.4 is 5.32 Å². The number of halogens is 1. The first-order chi connectivity index (χ1) is 13.6. The van der Waals surface area contributed by atoms with Crippen LogP contribution in [0.25, 0.3) is 11.1 Å². The van der Waals surface area contributed by atoms with Crippen molar-refractivity contribution in [1.82, 2.24) is 15.2 Å². The molecule has 1 fully saturated rings. The normalized spacial score (nSPS) is 15.0. The van der Waals surface area contributed by atoms with Crippen molar-refractivity contribution in [3.8, 4) is 0 Å². The van der Waals surface area contributed by atoms with Crippen LogP contribution in [-0.2, 0) is 4.79 Å². The Hall–Kier alpha value is -3.22. The summed E-state index contributed by atoms with van der Waals surface area (Å²) in [4.78, 5) is 30.7. The van der Waals surface area contributed by atoms with Gasteiger partial charge in [-0.15, -0.1) is 0 Å². The van der Waals surface area contributed by atoms with E-state index in [1.807, 2.05) is 24.3 Å². The highest BCUT2D eigenvalue weighted by Gasteiger charge is 2.27. The van der Waals surface area contributed by atoms with Gasteiger partial charge in [-0.25, -0.2) is 9.37 Å². The molecule has 7 heteroatoms. The number of amides is 2. The molecule has 1 N–H and O–H groups in total. The van der Waals surface area contributed by atoms with Gasteiger partial charge in [0.25, 0.3) is 5.91 Å². The van der Waals surface area contributed by atoms with E-state index < -0.39 is 11.7 Å². The summed E-state index contributed by atoms with van der Waals surface area (Å²) in [6.45, 7) is 0.982. The summed E-state index contributed by atoms with van der Waals surface area (Å²) in [7, 11) is 0. The van der Waals surface area contributed by atoms with Gasteiger partial charge in [0.05, 0.1) is 12.1 Å². The summed E-state index contributed by atoms with van der Waals surface area (Å²) in [5.41, 5.74) is 1.55. The lowest BCUT2D eigenvalue weighted by Gasteiger charge is -2.30. The maximum atomic E-state index is 13.6. The zero-order valence-electron chi connectivity index (χ0n) is 15.2. The molecule has 0 radical (unpaired) electrons. The first kappa shape index (κ1) is 18.2. The van der Waals surface area contributed by atoms with Gasteiger partial charge in [0.1, 0.15) is 11.3 Å². The van der Waals surface area contributed by atoms with Gasteiger partial charge < -0.3 is 14.6 Å². The van der Waals surface area contributed by atoms with Gasteiger partial charge in [-0.1, -0.05) is 24.3 Å². The Kier molecular flexibility index (Phi) is 5.06. The first-order valence-corrected chi connectivity index (χ1v) is 9.28. The molecule has 0 bridgehead atoms. The van der Waals surface area contributed by atoms with E-state index in [1.165, 1.54) is 18.2 Å². The second-order valence-electron chi connectivity index (χ2n) is 6.84. The van der Waals surface area contributed by atoms with Crippen molar-refractivity contribution >= 4 is 22.9 Å². The summed E-state index contributed by atoms with van der Waals surface area (Å²) >= 11 is 0. The van der Waals surface area contributed by atoms with Gasteiger partial charge in [-0.05, 0) is 37.1 Å². The molecule has 1 aliphatic heterocycles. The second kappa shape index (κ2) is 7.80. The Bertz CT molecular complexity index is 976. The largest absolute Gasteiger partial charge is 0.440 e. The molecule has 0 unspecified atom stereocenters. The molecule has 4 rings (SSSR count). The van der Waals surface area contributed by atoms with Crippen molar-refractivity contribution < 1.29 is 18.4 Å². The number of hydrogen-bond donors (Lipinski definition) is 1. The summed E-state index contributed by atoms with van der Waals surface area (Å²) in [6.07, 6.45) is 1.50. The SMILES string of the molecule is O=C(NCC(=O)N1CCC(c2nc3ccccc3o2)CC1)c1ccccc1F. The van der Waals surface area contributed by atoms with Gasteiger partial charge in [0, 0.05) is 19.0 Å². The number of likely N-dealkylation sites (tertiary alicyclic amines) is 1. The lowest BCUT2D eigenvalue weighted by atomic mass is 9.97. The van der Waals surface area contributed by atoms with Crippen LogP contribution in [0.3, 0.4) is 0 Å². The highest BCUT2D eigenvalue weighted by molar-refractivity contribution is 5.96. The summed E-state index contributed by atoms with van der Waals surface area (Å²) in [5, 5.41) is 2.50. The maximum absolute atomic E-state index is 13.6. The molecule has 0 saturated carbocycles. The molecule has 0 atom stereocenters. The third-order valence-corrected chi connectivity index (χ3v) is 5.03.